The largest absolute Gasteiger partial charge is 0.481 e. The molecule has 0 atom stereocenters. The summed E-state index contributed by atoms with van der Waals surface area (Å²) in [6, 6.07) is 6.19. The Morgan fingerprint density at radius 1 is 1.39 bits per heavy atom. The second kappa shape index (κ2) is 5.04. The molecule has 0 saturated carbocycles. The van der Waals surface area contributed by atoms with Gasteiger partial charge in [-0.2, -0.15) is 5.10 Å². The summed E-state index contributed by atoms with van der Waals surface area (Å²) in [7, 11) is 0. The van der Waals surface area contributed by atoms with Crippen LogP contribution in [0.5, 0.6) is 0 Å². The maximum absolute atomic E-state index is 10.5. The average molecular weight is 244 g/mol. The van der Waals surface area contributed by atoms with Crippen molar-refractivity contribution in [2.24, 2.45) is 0 Å². The van der Waals surface area contributed by atoms with Gasteiger partial charge in [0.15, 0.2) is 0 Å². The van der Waals surface area contributed by atoms with Crippen LogP contribution in [-0.4, -0.2) is 20.9 Å². The van der Waals surface area contributed by atoms with Crippen molar-refractivity contribution in [1.29, 1.82) is 0 Å². The minimum absolute atomic E-state index is 0.137. The second-order valence-electron chi connectivity index (χ2n) is 4.48. The van der Waals surface area contributed by atoms with Gasteiger partial charge >= 0.3 is 5.97 Å². The first-order chi connectivity index (χ1) is 8.56. The van der Waals surface area contributed by atoms with Crippen LogP contribution < -0.4 is 0 Å². The molecule has 0 aliphatic carbocycles. The number of aliphatic carboxylic acids is 1. The van der Waals surface area contributed by atoms with Crippen LogP contribution in [0.3, 0.4) is 0 Å². The molecule has 0 saturated heterocycles. The van der Waals surface area contributed by atoms with Gasteiger partial charge in [-0.1, -0.05) is 12.1 Å². The number of nitrogens with zero attached hydrogens (tertiary/aromatic N) is 2. The summed E-state index contributed by atoms with van der Waals surface area (Å²) in [6.07, 6.45) is 4.27. The normalized spacial score (nSPS) is 10.6. The minimum Gasteiger partial charge on any atom is -0.481 e. The van der Waals surface area contributed by atoms with Crippen LogP contribution in [0.25, 0.3) is 5.69 Å². The Hall–Kier alpha value is -2.10. The number of hydrogen-bond acceptors (Lipinski definition) is 2. The Labute approximate surface area is 106 Å². The Bertz CT molecular complexity index is 573. The first-order valence-corrected chi connectivity index (χ1v) is 5.89. The molecule has 2 aromatic rings. The van der Waals surface area contributed by atoms with Crippen molar-refractivity contribution in [3.63, 3.8) is 0 Å². The summed E-state index contributed by atoms with van der Waals surface area (Å²) in [5, 5.41) is 12.9. The van der Waals surface area contributed by atoms with E-state index in [1.165, 1.54) is 5.56 Å². The van der Waals surface area contributed by atoms with Crippen molar-refractivity contribution < 1.29 is 9.90 Å². The van der Waals surface area contributed by atoms with Gasteiger partial charge in [0, 0.05) is 12.6 Å². The predicted octanol–water partition coefficient (Wildman–Crippen LogP) is 2.51. The van der Waals surface area contributed by atoms with Crippen LogP contribution in [0.2, 0.25) is 0 Å². The third kappa shape index (κ3) is 2.77. The van der Waals surface area contributed by atoms with Crippen molar-refractivity contribution in [2.45, 2.75) is 26.7 Å². The third-order valence-corrected chi connectivity index (χ3v) is 2.88. The fraction of sp³-hybridized carbons (Fsp3) is 0.286. The van der Waals surface area contributed by atoms with Gasteiger partial charge < -0.3 is 5.11 Å². The van der Waals surface area contributed by atoms with E-state index in [4.69, 9.17) is 5.11 Å². The second-order valence-corrected chi connectivity index (χ2v) is 4.48. The summed E-state index contributed by atoms with van der Waals surface area (Å²) in [4.78, 5) is 10.5. The van der Waals surface area contributed by atoms with Crippen LogP contribution in [0.15, 0.2) is 30.6 Å². The molecular weight excluding hydrogens is 228 g/mol. The summed E-state index contributed by atoms with van der Waals surface area (Å²) in [5.41, 5.74) is 4.31. The summed E-state index contributed by atoms with van der Waals surface area (Å²) in [5.74, 6) is -0.783. The van der Waals surface area contributed by atoms with Gasteiger partial charge in [0.1, 0.15) is 0 Å². The lowest BCUT2D eigenvalue weighted by Crippen LogP contribution is -1.98. The Kier molecular flexibility index (Phi) is 3.46. The van der Waals surface area contributed by atoms with Crippen LogP contribution in [0, 0.1) is 13.8 Å². The number of hydrogen-bond donors (Lipinski definition) is 1. The Morgan fingerprint density at radius 2 is 2.17 bits per heavy atom. The molecule has 0 fully saturated rings. The number of benzene rings is 1. The molecule has 1 aromatic heterocycles. The number of carboxylic acid groups (broad SMARTS) is 1. The number of carbonyl (C=O) groups is 1. The van der Waals surface area contributed by atoms with Crippen molar-refractivity contribution in [1.82, 2.24) is 9.78 Å². The fourth-order valence-electron chi connectivity index (χ4n) is 1.84. The zero-order valence-corrected chi connectivity index (χ0v) is 10.6. The van der Waals surface area contributed by atoms with E-state index in [0.717, 1.165) is 16.8 Å². The topological polar surface area (TPSA) is 55.1 Å². The monoisotopic (exact) mass is 244 g/mol. The molecule has 4 heteroatoms. The summed E-state index contributed by atoms with van der Waals surface area (Å²) < 4.78 is 1.81. The van der Waals surface area contributed by atoms with E-state index in [9.17, 15) is 4.79 Å². The van der Waals surface area contributed by atoms with Crippen LogP contribution >= 0.6 is 0 Å². The fourth-order valence-corrected chi connectivity index (χ4v) is 1.84. The number of carboxylic acids is 1. The minimum atomic E-state index is -0.783. The standard InChI is InChI=1S/C14H16N2O2/c1-10-3-4-11(2)13(7-10)16-9-12(8-15-16)5-6-14(17)18/h3-4,7-9H,5-6H2,1-2H3,(H,17,18). The van der Waals surface area contributed by atoms with Crippen molar-refractivity contribution in [2.75, 3.05) is 0 Å². The van der Waals surface area contributed by atoms with E-state index in [1.54, 1.807) is 10.9 Å². The maximum Gasteiger partial charge on any atom is 0.303 e. The summed E-state index contributed by atoms with van der Waals surface area (Å²) in [6.45, 7) is 4.07. The van der Waals surface area contributed by atoms with Crippen molar-refractivity contribution in [3.8, 4) is 5.69 Å². The molecule has 0 unspecified atom stereocenters. The number of rotatable bonds is 4. The molecule has 4 nitrogen and oxygen atoms in total. The highest BCUT2D eigenvalue weighted by atomic mass is 16.4. The van der Waals surface area contributed by atoms with E-state index in [1.807, 2.05) is 20.0 Å². The van der Waals surface area contributed by atoms with Gasteiger partial charge in [-0.15, -0.1) is 0 Å². The lowest BCUT2D eigenvalue weighted by Gasteiger charge is -2.06. The molecule has 0 bridgehead atoms. The van der Waals surface area contributed by atoms with Gasteiger partial charge in [0.25, 0.3) is 0 Å². The molecule has 0 aliphatic heterocycles. The van der Waals surface area contributed by atoms with Gasteiger partial charge in [-0.3, -0.25) is 4.79 Å². The SMILES string of the molecule is Cc1ccc(C)c(-n2cc(CCC(=O)O)cn2)c1. The highest BCUT2D eigenvalue weighted by Crippen LogP contribution is 2.16. The molecule has 1 heterocycles. The van der Waals surface area contributed by atoms with Gasteiger partial charge in [0.05, 0.1) is 11.9 Å². The van der Waals surface area contributed by atoms with E-state index < -0.39 is 5.97 Å². The zero-order valence-electron chi connectivity index (χ0n) is 10.6. The average Bonchev–Trinajstić information content (AvgIpc) is 2.78. The first-order valence-electron chi connectivity index (χ1n) is 5.89. The van der Waals surface area contributed by atoms with Gasteiger partial charge in [-0.05, 0) is 43.0 Å². The Balaban J connectivity index is 2.23. The molecule has 0 radical (unpaired) electrons. The molecular formula is C14H16N2O2. The molecule has 0 amide bonds. The maximum atomic E-state index is 10.5. The Morgan fingerprint density at radius 3 is 2.89 bits per heavy atom. The van der Waals surface area contributed by atoms with E-state index in [0.29, 0.717) is 6.42 Å². The number of aryl methyl sites for hydroxylation is 3. The van der Waals surface area contributed by atoms with Crippen LogP contribution in [-0.2, 0) is 11.2 Å². The lowest BCUT2D eigenvalue weighted by atomic mass is 10.1. The van der Waals surface area contributed by atoms with Crippen LogP contribution in [0.1, 0.15) is 23.1 Å². The van der Waals surface area contributed by atoms with Crippen LogP contribution in [0.4, 0.5) is 0 Å². The molecule has 1 N–H and O–H groups in total. The van der Waals surface area contributed by atoms with Crippen molar-refractivity contribution in [3.05, 3.63) is 47.3 Å². The molecule has 94 valence electrons. The third-order valence-electron chi connectivity index (χ3n) is 2.88. The highest BCUT2D eigenvalue weighted by molar-refractivity contribution is 5.67. The van der Waals surface area contributed by atoms with E-state index >= 15 is 0 Å². The van der Waals surface area contributed by atoms with Gasteiger partial charge in [-0.25, -0.2) is 4.68 Å². The van der Waals surface area contributed by atoms with Crippen molar-refractivity contribution >= 4 is 5.97 Å². The highest BCUT2D eigenvalue weighted by Gasteiger charge is 2.05. The predicted molar refractivity (Wildman–Crippen MR) is 69.0 cm³/mol. The summed E-state index contributed by atoms with van der Waals surface area (Å²) >= 11 is 0. The van der Waals surface area contributed by atoms with Gasteiger partial charge in [0.2, 0.25) is 0 Å². The van der Waals surface area contributed by atoms with E-state index in [-0.39, 0.29) is 6.42 Å². The molecule has 18 heavy (non-hydrogen) atoms. The number of aromatic nitrogens is 2. The molecule has 0 spiro atoms. The zero-order chi connectivity index (χ0) is 13.1. The smallest absolute Gasteiger partial charge is 0.303 e. The first kappa shape index (κ1) is 12.4. The van der Waals surface area contributed by atoms with E-state index in [2.05, 4.69) is 23.3 Å². The molecule has 2 rings (SSSR count). The quantitative estimate of drug-likeness (QED) is 0.899. The molecule has 0 aliphatic rings. The molecule has 1 aromatic carbocycles. The lowest BCUT2D eigenvalue weighted by molar-refractivity contribution is -0.136.